The highest BCUT2D eigenvalue weighted by atomic mass is 16.6. The fourth-order valence-corrected chi connectivity index (χ4v) is 2.23. The second-order valence-corrected chi connectivity index (χ2v) is 4.60. The van der Waals surface area contributed by atoms with Gasteiger partial charge in [-0.25, -0.2) is 9.78 Å². The fourth-order valence-electron chi connectivity index (χ4n) is 2.23. The number of hydrogen-bond acceptors (Lipinski definition) is 5. The Morgan fingerprint density at radius 1 is 1.27 bits per heavy atom. The smallest absolute Gasteiger partial charge is 0.341 e. The van der Waals surface area contributed by atoms with Gasteiger partial charge in [0.05, 0.1) is 12.0 Å². The van der Waals surface area contributed by atoms with Gasteiger partial charge >= 0.3 is 5.97 Å². The lowest BCUT2D eigenvalue weighted by atomic mass is 10.1. The summed E-state index contributed by atoms with van der Waals surface area (Å²) in [5, 5.41) is 10.7. The van der Waals surface area contributed by atoms with Crippen molar-refractivity contribution >= 4 is 17.3 Å². The molecule has 0 radical (unpaired) electrons. The summed E-state index contributed by atoms with van der Waals surface area (Å²) in [4.78, 5) is 26.3. The first kappa shape index (κ1) is 13.7. The lowest BCUT2D eigenvalue weighted by Gasteiger charge is -2.07. The number of fused-ring (bicyclic) bond motifs is 1. The largest absolute Gasteiger partial charge is 0.465 e. The van der Waals surface area contributed by atoms with E-state index in [0.29, 0.717) is 11.2 Å². The number of pyridine rings is 1. The summed E-state index contributed by atoms with van der Waals surface area (Å²) in [6, 6.07) is 7.78. The first-order valence-corrected chi connectivity index (χ1v) is 6.40. The van der Waals surface area contributed by atoms with Gasteiger partial charge in [0.2, 0.25) is 0 Å². The van der Waals surface area contributed by atoms with Gasteiger partial charge < -0.3 is 9.14 Å². The number of carbonyl (C=O) groups excluding carboxylic acids is 1. The standard InChI is InChI=1S/C15H11N3O4/c1-22-15(19)13-8-11(9-17-7-6-16-14(13)17)10-2-4-12(5-3-10)18(20)21/h2-9H,1H3. The van der Waals surface area contributed by atoms with Gasteiger partial charge in [-0.2, -0.15) is 0 Å². The predicted octanol–water partition coefficient (Wildman–Crippen LogP) is 2.70. The van der Waals surface area contributed by atoms with E-state index in [4.69, 9.17) is 4.74 Å². The van der Waals surface area contributed by atoms with Crippen LogP contribution in [0.1, 0.15) is 10.4 Å². The highest BCUT2D eigenvalue weighted by Crippen LogP contribution is 2.25. The van der Waals surface area contributed by atoms with Crippen LogP contribution >= 0.6 is 0 Å². The maximum atomic E-state index is 11.9. The molecule has 0 spiro atoms. The number of imidazole rings is 1. The van der Waals surface area contributed by atoms with E-state index >= 15 is 0 Å². The van der Waals surface area contributed by atoms with Crippen molar-refractivity contribution in [2.45, 2.75) is 0 Å². The molecule has 0 aliphatic rings. The van der Waals surface area contributed by atoms with E-state index in [1.165, 1.54) is 19.2 Å². The molecule has 0 saturated heterocycles. The Bertz CT molecular complexity index is 868. The first-order valence-electron chi connectivity index (χ1n) is 6.40. The number of hydrogen-bond donors (Lipinski definition) is 0. The molecule has 0 fully saturated rings. The van der Waals surface area contributed by atoms with Crippen LogP contribution in [0.4, 0.5) is 5.69 Å². The van der Waals surface area contributed by atoms with Gasteiger partial charge in [-0.1, -0.05) is 0 Å². The van der Waals surface area contributed by atoms with E-state index in [0.717, 1.165) is 11.1 Å². The highest BCUT2D eigenvalue weighted by Gasteiger charge is 2.15. The quantitative estimate of drug-likeness (QED) is 0.421. The lowest BCUT2D eigenvalue weighted by molar-refractivity contribution is -0.384. The number of methoxy groups -OCH3 is 1. The normalized spacial score (nSPS) is 10.6. The van der Waals surface area contributed by atoms with Gasteiger partial charge in [-0.05, 0) is 29.3 Å². The molecule has 0 bridgehead atoms. The number of nitrogens with zero attached hydrogens (tertiary/aromatic N) is 3. The third-order valence-corrected chi connectivity index (χ3v) is 3.30. The number of ether oxygens (including phenoxy) is 1. The first-order chi connectivity index (χ1) is 10.6. The summed E-state index contributed by atoms with van der Waals surface area (Å²) in [7, 11) is 1.31. The van der Waals surface area contributed by atoms with E-state index in [1.54, 1.807) is 41.2 Å². The lowest BCUT2D eigenvalue weighted by Crippen LogP contribution is -2.05. The van der Waals surface area contributed by atoms with Crippen molar-refractivity contribution in [3.8, 4) is 11.1 Å². The van der Waals surface area contributed by atoms with Crippen LogP contribution in [0.25, 0.3) is 16.8 Å². The molecule has 0 saturated carbocycles. The molecule has 0 N–H and O–H groups in total. The minimum absolute atomic E-state index is 0.0145. The van der Waals surface area contributed by atoms with Crippen molar-refractivity contribution in [1.29, 1.82) is 0 Å². The molecule has 0 unspecified atom stereocenters. The Kier molecular flexibility index (Phi) is 3.30. The van der Waals surface area contributed by atoms with E-state index in [1.807, 2.05) is 0 Å². The molecule has 1 aromatic carbocycles. The van der Waals surface area contributed by atoms with Gasteiger partial charge in [0.1, 0.15) is 5.56 Å². The number of benzene rings is 1. The van der Waals surface area contributed by atoms with Crippen LogP contribution in [-0.4, -0.2) is 27.4 Å². The molecule has 2 aromatic heterocycles. The molecule has 0 amide bonds. The van der Waals surface area contributed by atoms with Gasteiger partial charge in [0.25, 0.3) is 5.69 Å². The Labute approximate surface area is 124 Å². The predicted molar refractivity (Wildman–Crippen MR) is 78.6 cm³/mol. The Balaban J connectivity index is 2.14. The van der Waals surface area contributed by atoms with E-state index < -0.39 is 10.9 Å². The van der Waals surface area contributed by atoms with Crippen molar-refractivity contribution in [1.82, 2.24) is 9.38 Å². The minimum atomic E-state index is -0.486. The van der Waals surface area contributed by atoms with Gasteiger partial charge in [-0.3, -0.25) is 10.1 Å². The number of rotatable bonds is 3. The van der Waals surface area contributed by atoms with Crippen LogP contribution in [0.5, 0.6) is 0 Å². The SMILES string of the molecule is COC(=O)c1cc(-c2ccc([N+](=O)[O-])cc2)cn2ccnc12. The molecule has 22 heavy (non-hydrogen) atoms. The second kappa shape index (κ2) is 5.28. The number of aromatic nitrogens is 2. The molecular weight excluding hydrogens is 286 g/mol. The molecule has 0 aliphatic carbocycles. The minimum Gasteiger partial charge on any atom is -0.465 e. The number of carbonyl (C=O) groups is 1. The van der Waals surface area contributed by atoms with Crippen LogP contribution in [0.3, 0.4) is 0 Å². The van der Waals surface area contributed by atoms with Gasteiger partial charge in [-0.15, -0.1) is 0 Å². The van der Waals surface area contributed by atoms with E-state index in [-0.39, 0.29) is 5.69 Å². The maximum Gasteiger partial charge on any atom is 0.341 e. The Morgan fingerprint density at radius 2 is 2.00 bits per heavy atom. The number of nitro benzene ring substituents is 1. The fraction of sp³-hybridized carbons (Fsp3) is 0.0667. The van der Waals surface area contributed by atoms with Gasteiger partial charge in [0, 0.05) is 30.7 Å². The third kappa shape index (κ3) is 2.28. The monoisotopic (exact) mass is 297 g/mol. The van der Waals surface area contributed by atoms with Crippen LogP contribution in [0.15, 0.2) is 48.9 Å². The summed E-state index contributed by atoms with van der Waals surface area (Å²) in [6.45, 7) is 0. The van der Waals surface area contributed by atoms with Crippen molar-refractivity contribution in [2.75, 3.05) is 7.11 Å². The zero-order chi connectivity index (χ0) is 15.7. The highest BCUT2D eigenvalue weighted by molar-refractivity contribution is 5.97. The summed E-state index contributed by atoms with van der Waals surface area (Å²) >= 11 is 0. The third-order valence-electron chi connectivity index (χ3n) is 3.30. The number of non-ortho nitro benzene ring substituents is 1. The average molecular weight is 297 g/mol. The average Bonchev–Trinajstić information content (AvgIpc) is 3.01. The van der Waals surface area contributed by atoms with E-state index in [9.17, 15) is 14.9 Å². The van der Waals surface area contributed by atoms with Crippen LogP contribution < -0.4 is 0 Å². The van der Waals surface area contributed by atoms with Crippen molar-refractivity contribution < 1.29 is 14.5 Å². The van der Waals surface area contributed by atoms with E-state index in [2.05, 4.69) is 4.98 Å². The van der Waals surface area contributed by atoms with Crippen molar-refractivity contribution in [2.24, 2.45) is 0 Å². The number of nitro groups is 1. The number of esters is 1. The molecule has 0 atom stereocenters. The Hall–Kier alpha value is -3.22. The molecular formula is C15H11N3O4. The van der Waals surface area contributed by atoms with Crippen molar-refractivity contribution in [3.05, 3.63) is 64.6 Å². The summed E-state index contributed by atoms with van der Waals surface area (Å²) in [6.07, 6.45) is 5.11. The molecule has 3 aromatic rings. The van der Waals surface area contributed by atoms with Gasteiger partial charge in [0.15, 0.2) is 5.65 Å². The summed E-state index contributed by atoms with van der Waals surface area (Å²) < 4.78 is 6.48. The summed E-state index contributed by atoms with van der Waals surface area (Å²) in [5.74, 6) is -0.486. The molecule has 0 aliphatic heterocycles. The van der Waals surface area contributed by atoms with Crippen molar-refractivity contribution in [3.63, 3.8) is 0 Å². The molecule has 7 heteroatoms. The molecule has 7 nitrogen and oxygen atoms in total. The molecule has 110 valence electrons. The van der Waals surface area contributed by atoms with Crippen LogP contribution in [0.2, 0.25) is 0 Å². The molecule has 3 rings (SSSR count). The second-order valence-electron chi connectivity index (χ2n) is 4.60. The topological polar surface area (TPSA) is 86.7 Å². The zero-order valence-corrected chi connectivity index (χ0v) is 11.6. The maximum absolute atomic E-state index is 11.9. The molecule has 2 heterocycles. The van der Waals surface area contributed by atoms with Crippen LogP contribution in [-0.2, 0) is 4.74 Å². The zero-order valence-electron chi connectivity index (χ0n) is 11.6. The summed E-state index contributed by atoms with van der Waals surface area (Å²) in [5.41, 5.74) is 2.34. The Morgan fingerprint density at radius 3 is 2.64 bits per heavy atom. The van der Waals surface area contributed by atoms with Crippen LogP contribution in [0, 0.1) is 10.1 Å².